The highest BCUT2D eigenvalue weighted by molar-refractivity contribution is 6.46. The van der Waals surface area contributed by atoms with Gasteiger partial charge < -0.3 is 19.6 Å². The molecule has 0 aliphatic carbocycles. The number of nitrogens with zero attached hydrogens (tertiary/aromatic N) is 3. The summed E-state index contributed by atoms with van der Waals surface area (Å²) in [4.78, 5) is 34.0. The second-order valence-corrected chi connectivity index (χ2v) is 7.78. The quantitative estimate of drug-likeness (QED) is 0.243. The number of aliphatic hydroxyl groups excluding tert-OH is 1. The van der Waals surface area contributed by atoms with Crippen LogP contribution in [-0.2, 0) is 9.59 Å². The zero-order chi connectivity index (χ0) is 23.8. The highest BCUT2D eigenvalue weighted by Gasteiger charge is 2.45. The minimum atomic E-state index is -0.706. The number of carbonyl (C=O) groups is 2. The lowest BCUT2D eigenvalue weighted by Gasteiger charge is -2.27. The fraction of sp³-hybridized carbons (Fsp3) is 0.346. The topological polar surface area (TPSA) is 83.0 Å². The molecule has 1 saturated heterocycles. The molecule has 0 saturated carbocycles. The Morgan fingerprint density at radius 3 is 2.61 bits per heavy atom. The number of ketones is 1. The normalized spacial score (nSPS) is 17.5. The van der Waals surface area contributed by atoms with Gasteiger partial charge in [-0.2, -0.15) is 0 Å². The lowest BCUT2D eigenvalue weighted by atomic mass is 9.95. The molecule has 1 aromatic carbocycles. The van der Waals surface area contributed by atoms with E-state index in [9.17, 15) is 14.7 Å². The number of rotatable bonds is 11. The Kier molecular flexibility index (Phi) is 8.38. The average Bonchev–Trinajstić information content (AvgIpc) is 3.10. The van der Waals surface area contributed by atoms with Crippen LogP contribution < -0.4 is 4.74 Å². The van der Waals surface area contributed by atoms with E-state index in [0.717, 1.165) is 19.6 Å². The third-order valence-electron chi connectivity index (χ3n) is 5.80. The van der Waals surface area contributed by atoms with E-state index < -0.39 is 17.7 Å². The minimum absolute atomic E-state index is 0.0786. The summed E-state index contributed by atoms with van der Waals surface area (Å²) < 4.78 is 5.67. The summed E-state index contributed by atoms with van der Waals surface area (Å²) in [7, 11) is 0. The maximum absolute atomic E-state index is 13.1. The minimum Gasteiger partial charge on any atom is -0.507 e. The van der Waals surface area contributed by atoms with E-state index in [0.29, 0.717) is 36.4 Å². The highest BCUT2D eigenvalue weighted by Crippen LogP contribution is 2.40. The molecule has 7 nitrogen and oxygen atoms in total. The van der Waals surface area contributed by atoms with Crippen molar-refractivity contribution >= 4 is 17.4 Å². The third kappa shape index (κ3) is 5.49. The van der Waals surface area contributed by atoms with Crippen LogP contribution in [0.4, 0.5) is 0 Å². The van der Waals surface area contributed by atoms with Crippen LogP contribution in [0, 0.1) is 0 Å². The fourth-order valence-electron chi connectivity index (χ4n) is 4.06. The number of hydrogen-bond donors (Lipinski definition) is 1. The summed E-state index contributed by atoms with van der Waals surface area (Å²) in [5, 5.41) is 11.1. The zero-order valence-corrected chi connectivity index (χ0v) is 19.2. The molecule has 0 radical (unpaired) electrons. The lowest BCUT2D eigenvalue weighted by Crippen LogP contribution is -2.33. The molecule has 1 N–H and O–H groups in total. The number of amides is 1. The van der Waals surface area contributed by atoms with Crippen LogP contribution in [0.25, 0.3) is 5.76 Å². The van der Waals surface area contributed by atoms with Gasteiger partial charge in [0.25, 0.3) is 11.7 Å². The van der Waals surface area contributed by atoms with Gasteiger partial charge in [-0.3, -0.25) is 14.6 Å². The van der Waals surface area contributed by atoms with Gasteiger partial charge >= 0.3 is 0 Å². The van der Waals surface area contributed by atoms with Crippen LogP contribution in [-0.4, -0.2) is 64.4 Å². The Morgan fingerprint density at radius 2 is 1.94 bits per heavy atom. The summed E-state index contributed by atoms with van der Waals surface area (Å²) in [6.07, 6.45) is 5.44. The molecule has 1 atom stereocenters. The molecule has 1 amide bonds. The number of Topliss-reactive ketones (excluding diaryl/α,β-unsaturated/α-hetero) is 1. The molecule has 3 rings (SSSR count). The number of carbonyl (C=O) groups excluding carboxylic acids is 2. The Labute approximate surface area is 195 Å². The summed E-state index contributed by atoms with van der Waals surface area (Å²) in [5.74, 6) is -0.892. The van der Waals surface area contributed by atoms with Crippen molar-refractivity contribution in [3.63, 3.8) is 0 Å². The fourth-order valence-corrected chi connectivity index (χ4v) is 4.06. The van der Waals surface area contributed by atoms with E-state index in [2.05, 4.69) is 30.3 Å². The van der Waals surface area contributed by atoms with Crippen molar-refractivity contribution in [1.29, 1.82) is 0 Å². The van der Waals surface area contributed by atoms with Crippen molar-refractivity contribution in [1.82, 2.24) is 14.8 Å². The van der Waals surface area contributed by atoms with E-state index in [1.54, 1.807) is 29.2 Å². The van der Waals surface area contributed by atoms with Crippen molar-refractivity contribution in [3.8, 4) is 5.75 Å². The van der Waals surface area contributed by atoms with Crippen molar-refractivity contribution in [2.75, 3.05) is 32.8 Å². The second kappa shape index (κ2) is 11.4. The maximum atomic E-state index is 13.1. The standard InChI is InChI=1S/C26H31N3O4/c1-4-17-33-21-10-7-9-20(18-21)23-22(24(30)19-11-13-27-14-12-19)25(31)26(32)29(23)16-8-15-28(5-2)6-3/h4,7,9-14,18,23,30H,1,5-6,8,15-17H2,2-3H3/b24-22+. The number of aromatic nitrogens is 1. The van der Waals surface area contributed by atoms with E-state index in [-0.39, 0.29) is 11.3 Å². The van der Waals surface area contributed by atoms with Gasteiger partial charge in [-0.1, -0.05) is 38.6 Å². The molecule has 0 spiro atoms. The molecule has 2 aromatic rings. The first kappa shape index (κ1) is 24.2. The van der Waals surface area contributed by atoms with Gasteiger partial charge in [-0.05, 0) is 55.9 Å². The SMILES string of the molecule is C=CCOc1cccc(C2/C(=C(\O)c3ccncc3)C(=O)C(=O)N2CCCN(CC)CC)c1. The largest absolute Gasteiger partial charge is 0.507 e. The number of ether oxygens (including phenoxy) is 1. The van der Waals surface area contributed by atoms with Gasteiger partial charge in [-0.15, -0.1) is 0 Å². The van der Waals surface area contributed by atoms with Crippen LogP contribution in [0.3, 0.4) is 0 Å². The van der Waals surface area contributed by atoms with Crippen LogP contribution in [0.15, 0.2) is 67.0 Å². The Morgan fingerprint density at radius 1 is 1.21 bits per heavy atom. The number of hydrogen-bond acceptors (Lipinski definition) is 6. The molecule has 1 aromatic heterocycles. The Bertz CT molecular complexity index is 1020. The van der Waals surface area contributed by atoms with Gasteiger partial charge in [0.05, 0.1) is 11.6 Å². The third-order valence-corrected chi connectivity index (χ3v) is 5.80. The summed E-state index contributed by atoms with van der Waals surface area (Å²) >= 11 is 0. The predicted octanol–water partition coefficient (Wildman–Crippen LogP) is 3.80. The number of likely N-dealkylation sites (tertiary alicyclic amines) is 1. The molecule has 1 aliphatic heterocycles. The van der Waals surface area contributed by atoms with E-state index in [1.165, 1.54) is 12.4 Å². The van der Waals surface area contributed by atoms with Gasteiger partial charge in [0.1, 0.15) is 18.1 Å². The first-order chi connectivity index (χ1) is 16.0. The molecule has 1 aliphatic rings. The van der Waals surface area contributed by atoms with E-state index in [4.69, 9.17) is 4.74 Å². The van der Waals surface area contributed by atoms with Crippen LogP contribution in [0.2, 0.25) is 0 Å². The highest BCUT2D eigenvalue weighted by atomic mass is 16.5. The number of pyridine rings is 1. The summed E-state index contributed by atoms with van der Waals surface area (Å²) in [5.41, 5.74) is 1.22. The van der Waals surface area contributed by atoms with Gasteiger partial charge in [0, 0.05) is 24.5 Å². The Balaban J connectivity index is 2.02. The molecule has 174 valence electrons. The van der Waals surface area contributed by atoms with Gasteiger partial charge in [-0.25, -0.2) is 0 Å². The van der Waals surface area contributed by atoms with Crippen LogP contribution >= 0.6 is 0 Å². The van der Waals surface area contributed by atoms with Gasteiger partial charge in [0.15, 0.2) is 0 Å². The molecule has 1 fully saturated rings. The van der Waals surface area contributed by atoms with Crippen LogP contribution in [0.1, 0.15) is 37.4 Å². The molecule has 1 unspecified atom stereocenters. The number of aliphatic hydroxyl groups is 1. The molecule has 0 bridgehead atoms. The van der Waals surface area contributed by atoms with Crippen molar-refractivity contribution in [2.24, 2.45) is 0 Å². The molecule has 7 heteroatoms. The smallest absolute Gasteiger partial charge is 0.295 e. The maximum Gasteiger partial charge on any atom is 0.295 e. The zero-order valence-electron chi connectivity index (χ0n) is 19.2. The molecular formula is C26H31N3O4. The van der Waals surface area contributed by atoms with Crippen molar-refractivity contribution < 1.29 is 19.4 Å². The first-order valence-electron chi connectivity index (χ1n) is 11.3. The van der Waals surface area contributed by atoms with E-state index >= 15 is 0 Å². The summed E-state index contributed by atoms with van der Waals surface area (Å²) in [6, 6.07) is 9.79. The van der Waals surface area contributed by atoms with E-state index in [1.807, 2.05) is 18.2 Å². The lowest BCUT2D eigenvalue weighted by molar-refractivity contribution is -0.140. The summed E-state index contributed by atoms with van der Waals surface area (Å²) in [6.45, 7) is 11.3. The van der Waals surface area contributed by atoms with Crippen molar-refractivity contribution in [3.05, 3.63) is 78.1 Å². The number of benzene rings is 1. The monoisotopic (exact) mass is 449 g/mol. The van der Waals surface area contributed by atoms with Crippen LogP contribution in [0.5, 0.6) is 5.75 Å². The Hall–Kier alpha value is -3.45. The first-order valence-corrected chi connectivity index (χ1v) is 11.3. The average molecular weight is 450 g/mol. The second-order valence-electron chi connectivity index (χ2n) is 7.78. The van der Waals surface area contributed by atoms with Gasteiger partial charge in [0.2, 0.25) is 0 Å². The van der Waals surface area contributed by atoms with Crippen molar-refractivity contribution in [2.45, 2.75) is 26.3 Å². The molecular weight excluding hydrogens is 418 g/mol. The molecule has 2 heterocycles. The predicted molar refractivity (Wildman–Crippen MR) is 128 cm³/mol. The molecule has 33 heavy (non-hydrogen) atoms.